The van der Waals surface area contributed by atoms with Gasteiger partial charge in [0, 0.05) is 23.1 Å². The highest BCUT2D eigenvalue weighted by Crippen LogP contribution is 2.30. The van der Waals surface area contributed by atoms with Gasteiger partial charge in [0.15, 0.2) is 0 Å². The van der Waals surface area contributed by atoms with E-state index in [4.69, 9.17) is 5.73 Å². The Balaban J connectivity index is 2.28. The molecule has 0 radical (unpaired) electrons. The van der Waals surface area contributed by atoms with Gasteiger partial charge in [-0.25, -0.2) is 0 Å². The largest absolute Gasteiger partial charge is 0.327 e. The third kappa shape index (κ3) is 5.07. The summed E-state index contributed by atoms with van der Waals surface area (Å²) >= 11 is 2.11. The zero-order chi connectivity index (χ0) is 12.2. The summed E-state index contributed by atoms with van der Waals surface area (Å²) in [6.07, 6.45) is 2.44. The van der Waals surface area contributed by atoms with Crippen LogP contribution >= 0.6 is 11.8 Å². The van der Waals surface area contributed by atoms with Crippen LogP contribution in [-0.2, 0) is 0 Å². The molecule has 2 nitrogen and oxygen atoms in total. The van der Waals surface area contributed by atoms with Crippen molar-refractivity contribution in [2.75, 3.05) is 25.4 Å². The first-order chi connectivity index (χ1) is 7.41. The number of rotatable bonds is 4. The lowest BCUT2D eigenvalue weighted by molar-refractivity contribution is 0.263. The number of thioether (sulfide) groups is 1. The molecule has 1 saturated heterocycles. The molecule has 3 heteroatoms. The molecule has 1 fully saturated rings. The molecule has 1 aliphatic rings. The third-order valence-electron chi connectivity index (χ3n) is 3.57. The molecule has 96 valence electrons. The molecule has 0 saturated carbocycles. The van der Waals surface area contributed by atoms with Crippen LogP contribution in [0.4, 0.5) is 0 Å². The molecular formula is C13H28N2S. The predicted molar refractivity (Wildman–Crippen MR) is 75.0 cm³/mol. The fourth-order valence-electron chi connectivity index (χ4n) is 1.95. The standard InChI is InChI=1S/C13H28N2S/c1-11(2)12(14)5-7-15-8-6-13(3,4)16-10-9-15/h11-12H,5-10,14H2,1-4H3. The number of hydrogen-bond donors (Lipinski definition) is 1. The van der Waals surface area contributed by atoms with E-state index in [-0.39, 0.29) is 0 Å². The second-order valence-electron chi connectivity index (χ2n) is 5.90. The van der Waals surface area contributed by atoms with E-state index < -0.39 is 0 Å². The summed E-state index contributed by atoms with van der Waals surface area (Å²) in [5.74, 6) is 1.88. The maximum Gasteiger partial charge on any atom is 0.0116 e. The van der Waals surface area contributed by atoms with Crippen molar-refractivity contribution in [3.05, 3.63) is 0 Å². The molecule has 0 aromatic carbocycles. The Morgan fingerprint density at radius 1 is 1.31 bits per heavy atom. The van der Waals surface area contributed by atoms with Gasteiger partial charge in [0.2, 0.25) is 0 Å². The van der Waals surface area contributed by atoms with Crippen molar-refractivity contribution in [2.24, 2.45) is 11.7 Å². The van der Waals surface area contributed by atoms with E-state index in [1.54, 1.807) is 0 Å². The fourth-order valence-corrected chi connectivity index (χ4v) is 3.09. The molecule has 0 bridgehead atoms. The molecular weight excluding hydrogens is 216 g/mol. The van der Waals surface area contributed by atoms with Crippen molar-refractivity contribution in [2.45, 2.75) is 51.3 Å². The molecule has 1 unspecified atom stereocenters. The van der Waals surface area contributed by atoms with Gasteiger partial charge in [-0.05, 0) is 31.8 Å². The van der Waals surface area contributed by atoms with E-state index in [2.05, 4.69) is 44.4 Å². The first kappa shape index (κ1) is 14.3. The average molecular weight is 244 g/mol. The predicted octanol–water partition coefficient (Wildman–Crippen LogP) is 2.58. The highest BCUT2D eigenvalue weighted by atomic mass is 32.2. The third-order valence-corrected chi connectivity index (χ3v) is 4.94. The second-order valence-corrected chi connectivity index (χ2v) is 7.70. The molecule has 2 N–H and O–H groups in total. The van der Waals surface area contributed by atoms with Crippen LogP contribution in [-0.4, -0.2) is 41.1 Å². The van der Waals surface area contributed by atoms with Crippen LogP contribution in [0, 0.1) is 5.92 Å². The van der Waals surface area contributed by atoms with Crippen LogP contribution in [0.1, 0.15) is 40.5 Å². The Morgan fingerprint density at radius 3 is 2.62 bits per heavy atom. The number of nitrogens with two attached hydrogens (primary N) is 1. The summed E-state index contributed by atoms with van der Waals surface area (Å²) < 4.78 is 0.467. The van der Waals surface area contributed by atoms with Gasteiger partial charge in [-0.1, -0.05) is 27.7 Å². The molecule has 1 atom stereocenters. The summed E-state index contributed by atoms with van der Waals surface area (Å²) in [6, 6.07) is 0.365. The Morgan fingerprint density at radius 2 is 2.00 bits per heavy atom. The van der Waals surface area contributed by atoms with E-state index in [1.165, 1.54) is 31.8 Å². The first-order valence-corrected chi connectivity index (χ1v) is 7.51. The smallest absolute Gasteiger partial charge is 0.0116 e. The Labute approximate surface area is 105 Å². The Bertz CT molecular complexity index is 204. The van der Waals surface area contributed by atoms with Crippen LogP contribution in [0.2, 0.25) is 0 Å². The zero-order valence-electron chi connectivity index (χ0n) is 11.3. The average Bonchev–Trinajstić information content (AvgIpc) is 2.36. The summed E-state index contributed by atoms with van der Waals surface area (Å²) in [4.78, 5) is 2.59. The Hall–Kier alpha value is 0.270. The lowest BCUT2D eigenvalue weighted by Gasteiger charge is -2.24. The normalized spacial score (nSPS) is 24.4. The lowest BCUT2D eigenvalue weighted by Crippen LogP contribution is -2.34. The van der Waals surface area contributed by atoms with Crippen LogP contribution in [0.15, 0.2) is 0 Å². The molecule has 0 aromatic heterocycles. The van der Waals surface area contributed by atoms with E-state index in [0.717, 1.165) is 6.42 Å². The van der Waals surface area contributed by atoms with Gasteiger partial charge in [0.05, 0.1) is 0 Å². The lowest BCUT2D eigenvalue weighted by atomic mass is 10.0. The molecule has 0 aromatic rings. The molecule has 1 heterocycles. The maximum absolute atomic E-state index is 6.09. The van der Waals surface area contributed by atoms with Crippen LogP contribution in [0.25, 0.3) is 0 Å². The highest BCUT2D eigenvalue weighted by molar-refractivity contribution is 8.00. The van der Waals surface area contributed by atoms with Crippen molar-refractivity contribution in [3.63, 3.8) is 0 Å². The fraction of sp³-hybridized carbons (Fsp3) is 1.00. The SMILES string of the molecule is CC(C)C(N)CCN1CCSC(C)(C)CC1. The van der Waals surface area contributed by atoms with Gasteiger partial charge in [-0.15, -0.1) is 0 Å². The van der Waals surface area contributed by atoms with Crippen LogP contribution in [0.5, 0.6) is 0 Å². The van der Waals surface area contributed by atoms with Crippen molar-refractivity contribution in [1.29, 1.82) is 0 Å². The number of hydrogen-bond acceptors (Lipinski definition) is 3. The molecule has 0 spiro atoms. The van der Waals surface area contributed by atoms with Gasteiger partial charge in [-0.2, -0.15) is 11.8 Å². The minimum atomic E-state index is 0.365. The van der Waals surface area contributed by atoms with Crippen LogP contribution in [0.3, 0.4) is 0 Å². The van der Waals surface area contributed by atoms with Gasteiger partial charge in [0.1, 0.15) is 0 Å². The monoisotopic (exact) mass is 244 g/mol. The van der Waals surface area contributed by atoms with E-state index >= 15 is 0 Å². The van der Waals surface area contributed by atoms with E-state index in [9.17, 15) is 0 Å². The van der Waals surface area contributed by atoms with Gasteiger partial charge < -0.3 is 10.6 Å². The molecule has 1 rings (SSSR count). The quantitative estimate of drug-likeness (QED) is 0.824. The summed E-state index contributed by atoms with van der Waals surface area (Å²) in [7, 11) is 0. The topological polar surface area (TPSA) is 29.3 Å². The van der Waals surface area contributed by atoms with E-state index in [1.807, 2.05) is 0 Å². The first-order valence-electron chi connectivity index (χ1n) is 6.52. The van der Waals surface area contributed by atoms with Crippen molar-refractivity contribution < 1.29 is 0 Å². The van der Waals surface area contributed by atoms with Crippen LogP contribution < -0.4 is 5.73 Å². The molecule has 0 amide bonds. The molecule has 16 heavy (non-hydrogen) atoms. The van der Waals surface area contributed by atoms with Crippen molar-refractivity contribution in [3.8, 4) is 0 Å². The molecule has 0 aliphatic carbocycles. The second kappa shape index (κ2) is 6.27. The zero-order valence-corrected chi connectivity index (χ0v) is 12.1. The Kier molecular flexibility index (Phi) is 5.62. The molecule has 1 aliphatic heterocycles. The summed E-state index contributed by atoms with van der Waals surface area (Å²) in [6.45, 7) is 12.8. The minimum absolute atomic E-state index is 0.365. The van der Waals surface area contributed by atoms with Gasteiger partial charge in [0.25, 0.3) is 0 Å². The summed E-state index contributed by atoms with van der Waals surface area (Å²) in [5.41, 5.74) is 6.09. The van der Waals surface area contributed by atoms with Crippen molar-refractivity contribution >= 4 is 11.8 Å². The van der Waals surface area contributed by atoms with Gasteiger partial charge in [-0.3, -0.25) is 0 Å². The minimum Gasteiger partial charge on any atom is -0.327 e. The maximum atomic E-state index is 6.09. The van der Waals surface area contributed by atoms with Gasteiger partial charge >= 0.3 is 0 Å². The number of nitrogens with zero attached hydrogens (tertiary/aromatic N) is 1. The highest BCUT2D eigenvalue weighted by Gasteiger charge is 2.23. The van der Waals surface area contributed by atoms with Crippen molar-refractivity contribution in [1.82, 2.24) is 4.90 Å². The summed E-state index contributed by atoms with van der Waals surface area (Å²) in [5, 5.41) is 0. The van der Waals surface area contributed by atoms with E-state index in [0.29, 0.717) is 16.7 Å².